The second-order valence-corrected chi connectivity index (χ2v) is 7.11. The molecule has 7 heteroatoms. The molecule has 2 N–H and O–H groups in total. The van der Waals surface area contributed by atoms with Gasteiger partial charge in [-0.3, -0.25) is 4.55 Å². The summed E-state index contributed by atoms with van der Waals surface area (Å²) in [6.07, 6.45) is 5.23. The molecule has 1 saturated carbocycles. The SMILES string of the molecule is O=S(=O)(O)NCCC1OC2(CCCCC2)Oc2ccccc21. The summed E-state index contributed by atoms with van der Waals surface area (Å²) in [5.41, 5.74) is 0.927. The normalized spacial score (nSPS) is 23.8. The third-order valence-electron chi connectivity index (χ3n) is 4.23. The van der Waals surface area contributed by atoms with Gasteiger partial charge in [0.15, 0.2) is 0 Å². The van der Waals surface area contributed by atoms with Crippen LogP contribution in [0.5, 0.6) is 5.75 Å². The molecule has 22 heavy (non-hydrogen) atoms. The van der Waals surface area contributed by atoms with Gasteiger partial charge < -0.3 is 9.47 Å². The van der Waals surface area contributed by atoms with E-state index in [0.29, 0.717) is 6.42 Å². The summed E-state index contributed by atoms with van der Waals surface area (Å²) >= 11 is 0. The standard InChI is InChI=1S/C15H21NO5S/c17-22(18,19)16-11-8-14-12-6-2-3-7-13(12)20-15(21-14)9-4-1-5-10-15/h2-3,6-7,14,16H,1,4-5,8-11H2,(H,17,18,19). The Balaban J connectivity index is 1.78. The molecule has 3 rings (SSSR count). The van der Waals surface area contributed by atoms with Crippen molar-refractivity contribution in [1.82, 2.24) is 4.72 Å². The van der Waals surface area contributed by atoms with Gasteiger partial charge in [-0.1, -0.05) is 24.6 Å². The van der Waals surface area contributed by atoms with Gasteiger partial charge in [-0.2, -0.15) is 13.1 Å². The number of hydrogen-bond donors (Lipinski definition) is 2. The molecular formula is C15H21NO5S. The first-order valence-electron chi connectivity index (χ1n) is 7.65. The monoisotopic (exact) mass is 327 g/mol. The van der Waals surface area contributed by atoms with Gasteiger partial charge in [0.1, 0.15) is 5.75 Å². The van der Waals surface area contributed by atoms with Gasteiger partial charge in [0.2, 0.25) is 5.79 Å². The van der Waals surface area contributed by atoms with E-state index < -0.39 is 16.1 Å². The number of ether oxygens (including phenoxy) is 2. The summed E-state index contributed by atoms with van der Waals surface area (Å²) < 4.78 is 44.8. The topological polar surface area (TPSA) is 84.9 Å². The van der Waals surface area contributed by atoms with Crippen LogP contribution in [0.15, 0.2) is 24.3 Å². The van der Waals surface area contributed by atoms with Crippen molar-refractivity contribution in [1.29, 1.82) is 0 Å². The molecule has 1 aromatic rings. The lowest BCUT2D eigenvalue weighted by Crippen LogP contribution is -2.45. The number of rotatable bonds is 4. The second-order valence-electron chi connectivity index (χ2n) is 5.88. The highest BCUT2D eigenvalue weighted by Crippen LogP contribution is 2.45. The van der Waals surface area contributed by atoms with E-state index in [9.17, 15) is 8.42 Å². The molecule has 2 aliphatic rings. The summed E-state index contributed by atoms with van der Waals surface area (Å²) in [6.45, 7) is 0.119. The van der Waals surface area contributed by atoms with Crippen LogP contribution in [0.25, 0.3) is 0 Å². The Morgan fingerprint density at radius 2 is 1.95 bits per heavy atom. The Hall–Kier alpha value is -1.15. The van der Waals surface area contributed by atoms with E-state index in [0.717, 1.165) is 37.0 Å². The molecule has 0 bridgehead atoms. The fraction of sp³-hybridized carbons (Fsp3) is 0.600. The predicted octanol–water partition coefficient (Wildman–Crippen LogP) is 2.58. The molecule has 1 spiro atoms. The average molecular weight is 327 g/mol. The molecule has 0 saturated heterocycles. The van der Waals surface area contributed by atoms with Crippen LogP contribution in [-0.4, -0.2) is 25.3 Å². The Kier molecular flexibility index (Phi) is 4.40. The van der Waals surface area contributed by atoms with Gasteiger partial charge in [-0.15, -0.1) is 0 Å². The summed E-state index contributed by atoms with van der Waals surface area (Å²) in [6, 6.07) is 7.70. The van der Waals surface area contributed by atoms with Crippen molar-refractivity contribution in [3.05, 3.63) is 29.8 Å². The molecule has 1 aromatic carbocycles. The summed E-state index contributed by atoms with van der Waals surface area (Å²) in [4.78, 5) is 0. The van der Waals surface area contributed by atoms with E-state index in [-0.39, 0.29) is 12.6 Å². The van der Waals surface area contributed by atoms with Crippen LogP contribution in [0.4, 0.5) is 0 Å². The first kappa shape index (κ1) is 15.7. The Morgan fingerprint density at radius 1 is 1.23 bits per heavy atom. The molecule has 122 valence electrons. The van der Waals surface area contributed by atoms with Gasteiger partial charge >= 0.3 is 10.3 Å². The molecule has 0 amide bonds. The molecule has 1 heterocycles. The third-order valence-corrected chi connectivity index (χ3v) is 4.79. The van der Waals surface area contributed by atoms with Crippen LogP contribution in [0.1, 0.15) is 50.2 Å². The Bertz CT molecular complexity index is 625. The minimum Gasteiger partial charge on any atom is -0.462 e. The number of benzene rings is 1. The lowest BCUT2D eigenvalue weighted by molar-refractivity contribution is -0.245. The molecule has 1 aliphatic carbocycles. The number of hydrogen-bond acceptors (Lipinski definition) is 4. The lowest BCUT2D eigenvalue weighted by atomic mass is 9.91. The molecule has 1 unspecified atom stereocenters. The summed E-state index contributed by atoms with van der Waals surface area (Å²) in [5.74, 6) is 0.225. The van der Waals surface area contributed by atoms with E-state index in [2.05, 4.69) is 4.72 Å². The van der Waals surface area contributed by atoms with E-state index >= 15 is 0 Å². The Labute approximate surface area is 130 Å². The minimum absolute atomic E-state index is 0.119. The van der Waals surface area contributed by atoms with Crippen LogP contribution < -0.4 is 9.46 Å². The molecular weight excluding hydrogens is 306 g/mol. The van der Waals surface area contributed by atoms with E-state index in [1.54, 1.807) is 0 Å². The lowest BCUT2D eigenvalue weighted by Gasteiger charge is -2.44. The maximum atomic E-state index is 10.8. The van der Waals surface area contributed by atoms with Crippen LogP contribution in [0.3, 0.4) is 0 Å². The first-order chi connectivity index (χ1) is 10.5. The third kappa shape index (κ3) is 3.60. The van der Waals surface area contributed by atoms with Crippen molar-refractivity contribution in [2.24, 2.45) is 0 Å². The zero-order chi connectivity index (χ0) is 15.6. The van der Waals surface area contributed by atoms with Crippen LogP contribution in [-0.2, 0) is 15.0 Å². The zero-order valence-electron chi connectivity index (χ0n) is 12.3. The zero-order valence-corrected chi connectivity index (χ0v) is 13.1. The van der Waals surface area contributed by atoms with Crippen molar-refractivity contribution in [3.8, 4) is 5.75 Å². The van der Waals surface area contributed by atoms with Crippen molar-refractivity contribution in [2.45, 2.75) is 50.4 Å². The first-order valence-corrected chi connectivity index (χ1v) is 9.09. The highest BCUT2D eigenvalue weighted by Gasteiger charge is 2.42. The smallest absolute Gasteiger partial charge is 0.333 e. The maximum Gasteiger partial charge on any atom is 0.333 e. The average Bonchev–Trinajstić information content (AvgIpc) is 2.46. The van der Waals surface area contributed by atoms with Crippen LogP contribution in [0, 0.1) is 0 Å². The Morgan fingerprint density at radius 3 is 2.68 bits per heavy atom. The van der Waals surface area contributed by atoms with Gasteiger partial charge in [0, 0.05) is 24.9 Å². The highest BCUT2D eigenvalue weighted by atomic mass is 32.2. The summed E-state index contributed by atoms with van der Waals surface area (Å²) in [5, 5.41) is 0. The van der Waals surface area contributed by atoms with Crippen molar-refractivity contribution < 1.29 is 22.4 Å². The minimum atomic E-state index is -4.17. The summed E-state index contributed by atoms with van der Waals surface area (Å²) in [7, 11) is -4.17. The molecule has 1 atom stereocenters. The predicted molar refractivity (Wildman–Crippen MR) is 80.9 cm³/mol. The van der Waals surface area contributed by atoms with Crippen molar-refractivity contribution >= 4 is 10.3 Å². The highest BCUT2D eigenvalue weighted by molar-refractivity contribution is 7.83. The largest absolute Gasteiger partial charge is 0.462 e. The molecule has 1 fully saturated rings. The van der Waals surface area contributed by atoms with Crippen LogP contribution >= 0.6 is 0 Å². The van der Waals surface area contributed by atoms with Crippen molar-refractivity contribution in [2.75, 3.05) is 6.54 Å². The van der Waals surface area contributed by atoms with Gasteiger partial charge in [-0.05, 0) is 25.3 Å². The van der Waals surface area contributed by atoms with E-state index in [1.165, 1.54) is 6.42 Å². The molecule has 0 aromatic heterocycles. The van der Waals surface area contributed by atoms with Gasteiger partial charge in [0.25, 0.3) is 0 Å². The van der Waals surface area contributed by atoms with Gasteiger partial charge in [0.05, 0.1) is 6.10 Å². The molecule has 6 nitrogen and oxygen atoms in total. The quantitative estimate of drug-likeness (QED) is 0.830. The molecule has 1 aliphatic heterocycles. The number of nitrogens with one attached hydrogen (secondary N) is 1. The van der Waals surface area contributed by atoms with E-state index in [1.807, 2.05) is 24.3 Å². The van der Waals surface area contributed by atoms with Crippen LogP contribution in [0.2, 0.25) is 0 Å². The number of fused-ring (bicyclic) bond motifs is 1. The fourth-order valence-electron chi connectivity index (χ4n) is 3.23. The van der Waals surface area contributed by atoms with Gasteiger partial charge in [-0.25, -0.2) is 0 Å². The number of para-hydroxylation sites is 1. The maximum absolute atomic E-state index is 10.8. The molecule has 0 radical (unpaired) electrons. The second kappa shape index (κ2) is 6.16. The van der Waals surface area contributed by atoms with E-state index in [4.69, 9.17) is 14.0 Å². The fourth-order valence-corrected chi connectivity index (χ4v) is 3.61. The van der Waals surface area contributed by atoms with Crippen molar-refractivity contribution in [3.63, 3.8) is 0 Å².